The van der Waals surface area contributed by atoms with Crippen LogP contribution in [0.3, 0.4) is 0 Å². The number of carbonyl (C=O) groups excluding carboxylic acids is 1. The molecule has 0 saturated heterocycles. The van der Waals surface area contributed by atoms with Crippen LogP contribution >= 0.6 is 0 Å². The van der Waals surface area contributed by atoms with Crippen molar-refractivity contribution in [1.29, 1.82) is 0 Å². The van der Waals surface area contributed by atoms with E-state index in [9.17, 15) is 4.79 Å². The van der Waals surface area contributed by atoms with Gasteiger partial charge in [-0.3, -0.25) is 14.8 Å². The summed E-state index contributed by atoms with van der Waals surface area (Å²) in [5.74, 6) is 0.440. The van der Waals surface area contributed by atoms with E-state index in [0.717, 1.165) is 11.2 Å². The molecule has 0 atom stereocenters. The molecule has 2 aromatic heterocycles. The average Bonchev–Trinajstić information content (AvgIpc) is 3.07. The van der Waals surface area contributed by atoms with Crippen LogP contribution in [0.5, 0.6) is 0 Å². The van der Waals surface area contributed by atoms with Crippen LogP contribution < -0.4 is 5.32 Å². The molecule has 4 rings (SSSR count). The highest BCUT2D eigenvalue weighted by Crippen LogP contribution is 2.17. The number of anilines is 1. The van der Waals surface area contributed by atoms with E-state index in [1.165, 1.54) is 0 Å². The Morgan fingerprint density at radius 3 is 2.68 bits per heavy atom. The number of rotatable bonds is 3. The highest BCUT2D eigenvalue weighted by molar-refractivity contribution is 6.05. The van der Waals surface area contributed by atoms with Gasteiger partial charge in [0.25, 0.3) is 5.91 Å². The molecule has 2 aromatic carbocycles. The fourth-order valence-corrected chi connectivity index (χ4v) is 2.49. The number of nitrogens with zero attached hydrogens (tertiary/aromatic N) is 6. The van der Waals surface area contributed by atoms with Crippen LogP contribution in [0, 0.1) is 6.92 Å². The number of fused-ring (bicyclic) bond motifs is 1. The first-order chi connectivity index (χ1) is 12.2. The first kappa shape index (κ1) is 14.9. The number of benzene rings is 2. The first-order valence-corrected chi connectivity index (χ1v) is 7.58. The van der Waals surface area contributed by atoms with Crippen LogP contribution in [0.4, 0.5) is 5.69 Å². The number of nitrogens with one attached hydrogen (secondary N) is 1. The maximum Gasteiger partial charge on any atom is 0.255 e. The van der Waals surface area contributed by atoms with Gasteiger partial charge in [-0.1, -0.05) is 6.07 Å². The van der Waals surface area contributed by atoms with Crippen LogP contribution in [0.1, 0.15) is 16.2 Å². The molecule has 25 heavy (non-hydrogen) atoms. The molecule has 0 radical (unpaired) electrons. The van der Waals surface area contributed by atoms with Crippen molar-refractivity contribution < 1.29 is 4.79 Å². The zero-order chi connectivity index (χ0) is 17.2. The van der Waals surface area contributed by atoms with E-state index < -0.39 is 0 Å². The fraction of sp³-hybridized carbons (Fsp3) is 0.0588. The van der Waals surface area contributed by atoms with Gasteiger partial charge >= 0.3 is 0 Å². The molecule has 0 spiro atoms. The second-order valence-corrected chi connectivity index (χ2v) is 5.40. The van der Waals surface area contributed by atoms with E-state index >= 15 is 0 Å². The van der Waals surface area contributed by atoms with E-state index in [0.29, 0.717) is 22.6 Å². The van der Waals surface area contributed by atoms with Gasteiger partial charge in [-0.2, -0.15) is 4.68 Å². The molecule has 0 aliphatic heterocycles. The highest BCUT2D eigenvalue weighted by Gasteiger charge is 2.09. The summed E-state index contributed by atoms with van der Waals surface area (Å²) < 4.78 is 1.60. The Labute approximate surface area is 142 Å². The van der Waals surface area contributed by atoms with Crippen molar-refractivity contribution >= 4 is 22.6 Å². The Balaban J connectivity index is 1.61. The minimum Gasteiger partial charge on any atom is -0.322 e. The topological polar surface area (TPSA) is 98.5 Å². The summed E-state index contributed by atoms with van der Waals surface area (Å²) >= 11 is 0. The Morgan fingerprint density at radius 2 is 1.88 bits per heavy atom. The van der Waals surface area contributed by atoms with Gasteiger partial charge in [0.2, 0.25) is 0 Å². The quantitative estimate of drug-likeness (QED) is 0.618. The summed E-state index contributed by atoms with van der Waals surface area (Å²) in [6.07, 6.45) is 3.22. The van der Waals surface area contributed by atoms with Crippen molar-refractivity contribution in [2.24, 2.45) is 0 Å². The monoisotopic (exact) mass is 331 g/mol. The molecule has 0 aliphatic carbocycles. The van der Waals surface area contributed by atoms with E-state index in [1.54, 1.807) is 42.2 Å². The number of carbonyl (C=O) groups is 1. The summed E-state index contributed by atoms with van der Waals surface area (Å²) in [5.41, 5.74) is 3.35. The third-order valence-corrected chi connectivity index (χ3v) is 3.71. The van der Waals surface area contributed by atoms with Crippen molar-refractivity contribution in [1.82, 2.24) is 30.2 Å². The van der Waals surface area contributed by atoms with E-state index in [4.69, 9.17) is 0 Å². The lowest BCUT2D eigenvalue weighted by molar-refractivity contribution is 0.102. The molecule has 1 amide bonds. The molecular formula is C17H13N7O. The third kappa shape index (κ3) is 2.92. The Bertz CT molecular complexity index is 1070. The Hall–Kier alpha value is -3.68. The van der Waals surface area contributed by atoms with Crippen molar-refractivity contribution in [3.8, 4) is 5.69 Å². The molecule has 0 saturated carbocycles. The lowest BCUT2D eigenvalue weighted by Gasteiger charge is -2.08. The number of aryl methyl sites for hydroxylation is 1. The first-order valence-electron chi connectivity index (χ1n) is 7.58. The van der Waals surface area contributed by atoms with Gasteiger partial charge in [0.15, 0.2) is 5.82 Å². The second-order valence-electron chi connectivity index (χ2n) is 5.40. The second kappa shape index (κ2) is 6.08. The standard InChI is InChI=1S/C17H13N7O/c1-11-21-22-23-24(11)14-4-2-3-13(10-14)20-17(25)12-5-6-15-16(9-12)19-8-7-18-15/h2-10H,1H3,(H,20,25). The minimum absolute atomic E-state index is 0.224. The van der Waals surface area contributed by atoms with Gasteiger partial charge in [-0.05, 0) is 53.7 Å². The van der Waals surface area contributed by atoms with Crippen molar-refractivity contribution in [2.75, 3.05) is 5.32 Å². The lowest BCUT2D eigenvalue weighted by atomic mass is 10.1. The highest BCUT2D eigenvalue weighted by atomic mass is 16.1. The van der Waals surface area contributed by atoms with Gasteiger partial charge in [-0.25, -0.2) is 0 Å². The molecule has 1 N–H and O–H groups in total. The molecule has 4 aromatic rings. The molecule has 122 valence electrons. The van der Waals surface area contributed by atoms with Crippen molar-refractivity contribution in [2.45, 2.75) is 6.92 Å². The van der Waals surface area contributed by atoms with E-state index in [-0.39, 0.29) is 5.91 Å². The summed E-state index contributed by atoms with van der Waals surface area (Å²) in [7, 11) is 0. The Morgan fingerprint density at radius 1 is 1.04 bits per heavy atom. The minimum atomic E-state index is -0.224. The van der Waals surface area contributed by atoms with Crippen LogP contribution in [0.15, 0.2) is 54.9 Å². The van der Waals surface area contributed by atoms with Crippen molar-refractivity contribution in [3.63, 3.8) is 0 Å². The van der Waals surface area contributed by atoms with Gasteiger partial charge in [-0.15, -0.1) is 5.10 Å². The van der Waals surface area contributed by atoms with Gasteiger partial charge in [0.1, 0.15) is 0 Å². The lowest BCUT2D eigenvalue weighted by Crippen LogP contribution is -2.12. The summed E-state index contributed by atoms with van der Waals surface area (Å²) in [6.45, 7) is 1.81. The molecule has 2 heterocycles. The predicted octanol–water partition coefficient (Wildman–Crippen LogP) is 2.17. The fourth-order valence-electron chi connectivity index (χ4n) is 2.49. The zero-order valence-electron chi connectivity index (χ0n) is 13.3. The van der Waals surface area contributed by atoms with Gasteiger partial charge in [0, 0.05) is 23.6 Å². The molecular weight excluding hydrogens is 318 g/mol. The van der Waals surface area contributed by atoms with Crippen LogP contribution in [0.2, 0.25) is 0 Å². The summed E-state index contributed by atoms with van der Waals surface area (Å²) in [4.78, 5) is 20.9. The van der Waals surface area contributed by atoms with E-state index in [2.05, 4.69) is 30.8 Å². The van der Waals surface area contributed by atoms with Gasteiger partial charge < -0.3 is 5.32 Å². The largest absolute Gasteiger partial charge is 0.322 e. The average molecular weight is 331 g/mol. The molecule has 0 bridgehead atoms. The third-order valence-electron chi connectivity index (χ3n) is 3.71. The maximum absolute atomic E-state index is 12.5. The molecule has 0 fully saturated rings. The number of amides is 1. The number of hydrogen-bond acceptors (Lipinski definition) is 6. The smallest absolute Gasteiger partial charge is 0.255 e. The van der Waals surface area contributed by atoms with Crippen LogP contribution in [-0.4, -0.2) is 36.1 Å². The van der Waals surface area contributed by atoms with Crippen LogP contribution in [0.25, 0.3) is 16.7 Å². The summed E-state index contributed by atoms with van der Waals surface area (Å²) in [6, 6.07) is 12.5. The van der Waals surface area contributed by atoms with Crippen molar-refractivity contribution in [3.05, 3.63) is 66.2 Å². The van der Waals surface area contributed by atoms with Crippen LogP contribution in [-0.2, 0) is 0 Å². The predicted molar refractivity (Wildman–Crippen MR) is 91.4 cm³/mol. The van der Waals surface area contributed by atoms with Gasteiger partial charge in [0.05, 0.1) is 16.7 Å². The Kier molecular flexibility index (Phi) is 3.62. The molecule has 0 aliphatic rings. The molecule has 8 heteroatoms. The van der Waals surface area contributed by atoms with E-state index in [1.807, 2.05) is 24.3 Å². The number of hydrogen-bond donors (Lipinski definition) is 1. The molecule has 8 nitrogen and oxygen atoms in total. The number of aromatic nitrogens is 6. The normalized spacial score (nSPS) is 10.8. The zero-order valence-corrected chi connectivity index (χ0v) is 13.3. The maximum atomic E-state index is 12.5. The summed E-state index contributed by atoms with van der Waals surface area (Å²) in [5, 5.41) is 14.3. The molecule has 0 unspecified atom stereocenters. The SMILES string of the molecule is Cc1nnnn1-c1cccc(NC(=O)c2ccc3nccnc3c2)c1. The number of tetrazole rings is 1.